The van der Waals surface area contributed by atoms with Crippen LogP contribution in [0.5, 0.6) is 0 Å². The molecular formula is C16H19ClN2. The quantitative estimate of drug-likeness (QED) is 0.743. The van der Waals surface area contributed by atoms with Crippen molar-refractivity contribution < 1.29 is 0 Å². The second-order valence-corrected chi connectivity index (χ2v) is 4.95. The Bertz CT molecular complexity index is 499. The van der Waals surface area contributed by atoms with Gasteiger partial charge in [0.1, 0.15) is 0 Å². The first-order valence-electron chi connectivity index (χ1n) is 6.73. The number of hydrogen-bond acceptors (Lipinski definition) is 2. The van der Waals surface area contributed by atoms with Crippen LogP contribution in [-0.4, -0.2) is 4.98 Å². The van der Waals surface area contributed by atoms with Crippen molar-refractivity contribution in [1.82, 2.24) is 4.98 Å². The van der Waals surface area contributed by atoms with E-state index in [-0.39, 0.29) is 6.04 Å². The smallest absolute Gasteiger partial charge is 0.152 e. The molecule has 0 aliphatic heterocycles. The third-order valence-electron chi connectivity index (χ3n) is 3.14. The summed E-state index contributed by atoms with van der Waals surface area (Å²) in [6, 6.07) is 14.6. The number of rotatable bonds is 6. The average molecular weight is 275 g/mol. The van der Waals surface area contributed by atoms with E-state index in [9.17, 15) is 0 Å². The van der Waals surface area contributed by atoms with E-state index in [1.54, 1.807) is 6.20 Å². The van der Waals surface area contributed by atoms with E-state index in [0.717, 1.165) is 12.1 Å². The van der Waals surface area contributed by atoms with Crippen LogP contribution in [0.15, 0.2) is 48.7 Å². The first-order valence-corrected chi connectivity index (χ1v) is 7.11. The summed E-state index contributed by atoms with van der Waals surface area (Å²) in [4.78, 5) is 4.11. The third-order valence-corrected chi connectivity index (χ3v) is 3.44. The summed E-state index contributed by atoms with van der Waals surface area (Å²) in [5, 5.41) is 4.03. The van der Waals surface area contributed by atoms with Gasteiger partial charge in [0, 0.05) is 6.20 Å². The second-order valence-electron chi connectivity index (χ2n) is 4.59. The molecule has 1 unspecified atom stereocenters. The summed E-state index contributed by atoms with van der Waals surface area (Å²) in [6.07, 6.45) is 5.17. The lowest BCUT2D eigenvalue weighted by Gasteiger charge is -2.20. The van der Waals surface area contributed by atoms with Gasteiger partial charge in [0.25, 0.3) is 0 Å². The molecule has 0 amide bonds. The van der Waals surface area contributed by atoms with Gasteiger partial charge in [-0.3, -0.25) is 0 Å². The molecule has 0 aliphatic carbocycles. The molecule has 3 heteroatoms. The monoisotopic (exact) mass is 274 g/mol. The van der Waals surface area contributed by atoms with Gasteiger partial charge in [0.05, 0.1) is 11.7 Å². The average Bonchev–Trinajstić information content (AvgIpc) is 2.46. The van der Waals surface area contributed by atoms with Crippen LogP contribution in [0.3, 0.4) is 0 Å². The molecule has 0 aliphatic rings. The number of unbranched alkanes of at least 4 members (excludes halogenated alkanes) is 1. The first kappa shape index (κ1) is 13.9. The summed E-state index contributed by atoms with van der Waals surface area (Å²) >= 11 is 6.12. The molecule has 2 nitrogen and oxygen atoms in total. The van der Waals surface area contributed by atoms with Crippen LogP contribution < -0.4 is 5.32 Å². The lowest BCUT2D eigenvalue weighted by molar-refractivity contribution is 0.634. The Balaban J connectivity index is 2.17. The number of benzene rings is 1. The van der Waals surface area contributed by atoms with Gasteiger partial charge in [-0.05, 0) is 24.1 Å². The molecule has 1 N–H and O–H groups in total. The number of nitrogens with zero attached hydrogens (tertiary/aromatic N) is 1. The van der Waals surface area contributed by atoms with Crippen molar-refractivity contribution in [2.45, 2.75) is 32.2 Å². The summed E-state index contributed by atoms with van der Waals surface area (Å²) in [5.74, 6) is 0. The Hall–Kier alpha value is -1.54. The number of nitrogens with one attached hydrogen (secondary N) is 1. The number of aromatic nitrogens is 1. The fourth-order valence-corrected chi connectivity index (χ4v) is 2.27. The van der Waals surface area contributed by atoms with E-state index in [1.165, 1.54) is 18.4 Å². The normalized spacial score (nSPS) is 12.1. The Morgan fingerprint density at radius 2 is 1.95 bits per heavy atom. The number of pyridine rings is 1. The highest BCUT2D eigenvalue weighted by molar-refractivity contribution is 6.31. The predicted molar refractivity (Wildman–Crippen MR) is 81.6 cm³/mol. The summed E-state index contributed by atoms with van der Waals surface area (Å²) in [5.41, 5.74) is 2.19. The van der Waals surface area contributed by atoms with Gasteiger partial charge in [-0.25, -0.2) is 4.98 Å². The summed E-state index contributed by atoms with van der Waals surface area (Å²) in [6.45, 7) is 2.21. The molecule has 0 saturated carbocycles. The lowest BCUT2D eigenvalue weighted by Crippen LogP contribution is -2.11. The van der Waals surface area contributed by atoms with Crippen LogP contribution in [0.25, 0.3) is 0 Å². The fourth-order valence-electron chi connectivity index (χ4n) is 2.10. The highest BCUT2D eigenvalue weighted by Crippen LogP contribution is 2.27. The molecule has 0 saturated heterocycles. The zero-order chi connectivity index (χ0) is 13.5. The molecule has 1 aromatic carbocycles. The Morgan fingerprint density at radius 1 is 1.16 bits per heavy atom. The van der Waals surface area contributed by atoms with E-state index in [2.05, 4.69) is 41.5 Å². The molecule has 1 atom stereocenters. The van der Waals surface area contributed by atoms with E-state index < -0.39 is 0 Å². The summed E-state index contributed by atoms with van der Waals surface area (Å²) < 4.78 is 0. The van der Waals surface area contributed by atoms with Gasteiger partial charge in [-0.15, -0.1) is 0 Å². The first-order chi connectivity index (χ1) is 9.31. The molecule has 2 aromatic rings. The van der Waals surface area contributed by atoms with Gasteiger partial charge in [-0.2, -0.15) is 0 Å². The Kier molecular flexibility index (Phi) is 5.22. The molecule has 0 fully saturated rings. The van der Waals surface area contributed by atoms with Crippen molar-refractivity contribution >= 4 is 17.3 Å². The van der Waals surface area contributed by atoms with E-state index in [0.29, 0.717) is 5.15 Å². The molecule has 0 bridgehead atoms. The number of hydrogen-bond donors (Lipinski definition) is 1. The minimum atomic E-state index is 0.280. The zero-order valence-corrected chi connectivity index (χ0v) is 11.9. The highest BCUT2D eigenvalue weighted by atomic mass is 35.5. The molecule has 19 heavy (non-hydrogen) atoms. The minimum absolute atomic E-state index is 0.280. The minimum Gasteiger partial charge on any atom is -0.376 e. The maximum Gasteiger partial charge on any atom is 0.152 e. The lowest BCUT2D eigenvalue weighted by atomic mass is 10.0. The number of anilines is 1. The van der Waals surface area contributed by atoms with Crippen molar-refractivity contribution in [3.05, 3.63) is 59.4 Å². The van der Waals surface area contributed by atoms with Crippen LogP contribution in [-0.2, 0) is 0 Å². The van der Waals surface area contributed by atoms with Crippen molar-refractivity contribution in [2.75, 3.05) is 5.32 Å². The predicted octanol–water partition coefficient (Wildman–Crippen LogP) is 5.08. The molecule has 1 aromatic heterocycles. The van der Waals surface area contributed by atoms with Gasteiger partial charge in [0.15, 0.2) is 5.15 Å². The Morgan fingerprint density at radius 3 is 2.63 bits per heavy atom. The van der Waals surface area contributed by atoms with E-state index in [4.69, 9.17) is 11.6 Å². The van der Waals surface area contributed by atoms with Crippen LogP contribution in [0.2, 0.25) is 5.15 Å². The van der Waals surface area contributed by atoms with Crippen LogP contribution in [0.1, 0.15) is 37.8 Å². The maximum absolute atomic E-state index is 6.12. The maximum atomic E-state index is 6.12. The summed E-state index contributed by atoms with van der Waals surface area (Å²) in [7, 11) is 0. The van der Waals surface area contributed by atoms with Crippen LogP contribution in [0.4, 0.5) is 5.69 Å². The van der Waals surface area contributed by atoms with Gasteiger partial charge in [0.2, 0.25) is 0 Å². The molecule has 100 valence electrons. The van der Waals surface area contributed by atoms with Crippen LogP contribution >= 0.6 is 11.6 Å². The van der Waals surface area contributed by atoms with Gasteiger partial charge >= 0.3 is 0 Å². The number of halogens is 1. The van der Waals surface area contributed by atoms with E-state index >= 15 is 0 Å². The second kappa shape index (κ2) is 7.15. The topological polar surface area (TPSA) is 24.9 Å². The molecule has 2 rings (SSSR count). The van der Waals surface area contributed by atoms with Crippen molar-refractivity contribution in [2.24, 2.45) is 0 Å². The largest absolute Gasteiger partial charge is 0.376 e. The van der Waals surface area contributed by atoms with Crippen LogP contribution in [0, 0.1) is 0 Å². The standard InChI is InChI=1S/C16H19ClN2/c1-2-3-10-14(13-8-5-4-6-9-13)19-15-11-7-12-18-16(15)17/h4-9,11-12,14,19H,2-3,10H2,1H3. The molecule has 0 radical (unpaired) electrons. The van der Waals surface area contributed by atoms with Crippen molar-refractivity contribution in [3.63, 3.8) is 0 Å². The Labute approximate surface area is 119 Å². The zero-order valence-electron chi connectivity index (χ0n) is 11.1. The SMILES string of the molecule is CCCCC(Nc1cccnc1Cl)c1ccccc1. The van der Waals surface area contributed by atoms with Crippen molar-refractivity contribution in [3.8, 4) is 0 Å². The van der Waals surface area contributed by atoms with Gasteiger partial charge < -0.3 is 5.32 Å². The highest BCUT2D eigenvalue weighted by Gasteiger charge is 2.12. The molecule has 1 heterocycles. The van der Waals surface area contributed by atoms with Gasteiger partial charge in [-0.1, -0.05) is 61.7 Å². The van der Waals surface area contributed by atoms with E-state index in [1.807, 2.05) is 18.2 Å². The molecule has 0 spiro atoms. The third kappa shape index (κ3) is 3.97. The van der Waals surface area contributed by atoms with Crippen molar-refractivity contribution in [1.29, 1.82) is 0 Å². The fraction of sp³-hybridized carbons (Fsp3) is 0.312. The molecular weight excluding hydrogens is 256 g/mol.